The van der Waals surface area contributed by atoms with Crippen LogP contribution in [-0.4, -0.2) is 59.4 Å². The summed E-state index contributed by atoms with van der Waals surface area (Å²) in [6, 6.07) is 17.4. The van der Waals surface area contributed by atoms with E-state index in [1.54, 1.807) is 19.9 Å². The molecule has 200 valence electrons. The van der Waals surface area contributed by atoms with Crippen LogP contribution in [0.4, 0.5) is 0 Å². The number of carbonyl (C=O) groups excluding carboxylic acids is 1. The highest BCUT2D eigenvalue weighted by Crippen LogP contribution is 2.39. The zero-order valence-electron chi connectivity index (χ0n) is 21.7. The van der Waals surface area contributed by atoms with Crippen molar-refractivity contribution < 1.29 is 33.2 Å². The molecule has 0 radical (unpaired) electrons. The fourth-order valence-corrected chi connectivity index (χ4v) is 4.91. The van der Waals surface area contributed by atoms with Gasteiger partial charge in [-0.15, -0.1) is 0 Å². The number of hydrogen-bond donors (Lipinski definition) is 2. The lowest BCUT2D eigenvalue weighted by Crippen LogP contribution is -2.41. The van der Waals surface area contributed by atoms with E-state index in [4.69, 9.17) is 28.4 Å². The first-order valence-electron chi connectivity index (χ1n) is 12.7. The summed E-state index contributed by atoms with van der Waals surface area (Å²) in [4.78, 5) is 16.2. The van der Waals surface area contributed by atoms with Crippen molar-refractivity contribution in [2.45, 2.75) is 70.5 Å². The summed E-state index contributed by atoms with van der Waals surface area (Å²) in [7, 11) is 0. The SMILES string of the molecule is CC1(C)O[C@@H]2O[C@H]([C@H]3COC(C)(C)O3)/C(=N/NC(=O)c3cc4cc(OCc5ccccc5)ccc4[nH]3)[C@H]2O1. The number of fused-ring (bicyclic) bond motifs is 2. The molecule has 0 unspecified atom stereocenters. The number of hydrogen-bond acceptors (Lipinski definition) is 8. The van der Waals surface area contributed by atoms with E-state index in [2.05, 4.69) is 15.5 Å². The Morgan fingerprint density at radius 2 is 1.84 bits per heavy atom. The van der Waals surface area contributed by atoms with Gasteiger partial charge in [0.05, 0.1) is 6.61 Å². The molecule has 4 heterocycles. The second-order valence-electron chi connectivity index (χ2n) is 10.5. The molecule has 3 saturated heterocycles. The minimum Gasteiger partial charge on any atom is -0.489 e. The second kappa shape index (κ2) is 9.48. The molecule has 3 aliphatic rings. The molecule has 10 nitrogen and oxygen atoms in total. The standard InChI is InChI=1S/C28H31N3O7/c1-27(2)34-15-21(36-27)23-22(24-26(35-23)38-28(3,4)37-24)30-31-25(32)20-13-17-12-18(10-11-19(17)29-20)33-14-16-8-6-5-7-9-16/h5-13,21,23-24,26,29H,14-15H2,1-4H3,(H,31,32)/b30-22-/t21-,23-,24-,26+/m1/s1. The monoisotopic (exact) mass is 521 g/mol. The van der Waals surface area contributed by atoms with E-state index in [1.165, 1.54) is 0 Å². The van der Waals surface area contributed by atoms with Crippen molar-refractivity contribution in [1.29, 1.82) is 0 Å². The zero-order valence-corrected chi connectivity index (χ0v) is 21.7. The third kappa shape index (κ3) is 5.05. The summed E-state index contributed by atoms with van der Waals surface area (Å²) in [5.41, 5.74) is 5.40. The number of ether oxygens (including phenoxy) is 6. The minimum absolute atomic E-state index is 0.324. The van der Waals surface area contributed by atoms with Gasteiger partial charge in [0, 0.05) is 10.9 Å². The molecule has 3 aliphatic heterocycles. The summed E-state index contributed by atoms with van der Waals surface area (Å²) >= 11 is 0. The van der Waals surface area contributed by atoms with E-state index < -0.39 is 42.1 Å². The summed E-state index contributed by atoms with van der Waals surface area (Å²) in [5.74, 6) is -1.26. The van der Waals surface area contributed by atoms with Crippen LogP contribution in [-0.2, 0) is 30.3 Å². The van der Waals surface area contributed by atoms with Gasteiger partial charge in [0.1, 0.15) is 36.0 Å². The summed E-state index contributed by atoms with van der Waals surface area (Å²) in [5, 5.41) is 5.29. The van der Waals surface area contributed by atoms with Crippen molar-refractivity contribution in [1.82, 2.24) is 10.4 Å². The van der Waals surface area contributed by atoms with E-state index in [-0.39, 0.29) is 0 Å². The van der Waals surface area contributed by atoms with Gasteiger partial charge in [-0.05, 0) is 57.5 Å². The number of nitrogens with zero attached hydrogens (tertiary/aromatic N) is 1. The summed E-state index contributed by atoms with van der Waals surface area (Å²) in [6.45, 7) is 8.07. The minimum atomic E-state index is -0.838. The zero-order chi connectivity index (χ0) is 26.5. The van der Waals surface area contributed by atoms with Crippen LogP contribution in [0, 0.1) is 0 Å². The maximum atomic E-state index is 13.1. The fourth-order valence-electron chi connectivity index (χ4n) is 4.91. The Labute approximate surface area is 220 Å². The van der Waals surface area contributed by atoms with Crippen LogP contribution in [0.2, 0.25) is 0 Å². The molecule has 10 heteroatoms. The lowest BCUT2D eigenvalue weighted by molar-refractivity contribution is -0.211. The number of benzene rings is 2. The Bertz CT molecular complexity index is 1370. The molecule has 0 spiro atoms. The van der Waals surface area contributed by atoms with Crippen molar-refractivity contribution >= 4 is 22.5 Å². The van der Waals surface area contributed by atoms with E-state index in [0.717, 1.165) is 16.5 Å². The van der Waals surface area contributed by atoms with E-state index in [0.29, 0.717) is 30.4 Å². The van der Waals surface area contributed by atoms with Gasteiger partial charge in [-0.3, -0.25) is 4.79 Å². The smallest absolute Gasteiger partial charge is 0.287 e. The van der Waals surface area contributed by atoms with Crippen molar-refractivity contribution in [3.8, 4) is 5.75 Å². The lowest BCUT2D eigenvalue weighted by Gasteiger charge is -2.24. The number of aromatic amines is 1. The summed E-state index contributed by atoms with van der Waals surface area (Å²) in [6.07, 6.45) is -2.23. The van der Waals surface area contributed by atoms with Crippen LogP contribution in [0.15, 0.2) is 59.7 Å². The maximum Gasteiger partial charge on any atom is 0.287 e. The topological polar surface area (TPSA) is 113 Å². The van der Waals surface area contributed by atoms with Gasteiger partial charge in [-0.25, -0.2) is 5.43 Å². The molecule has 38 heavy (non-hydrogen) atoms. The maximum absolute atomic E-state index is 13.1. The molecule has 2 N–H and O–H groups in total. The number of hydrazone groups is 1. The molecule has 0 aliphatic carbocycles. The highest BCUT2D eigenvalue weighted by Gasteiger charge is 2.56. The lowest BCUT2D eigenvalue weighted by atomic mass is 10.1. The fraction of sp³-hybridized carbons (Fsp3) is 0.429. The Hall–Kier alpha value is -3.28. The number of nitrogens with one attached hydrogen (secondary N) is 2. The van der Waals surface area contributed by atoms with Gasteiger partial charge < -0.3 is 33.4 Å². The molecule has 0 bridgehead atoms. The first kappa shape index (κ1) is 25.0. The molecule has 1 amide bonds. The van der Waals surface area contributed by atoms with E-state index >= 15 is 0 Å². The van der Waals surface area contributed by atoms with Crippen LogP contribution in [0.25, 0.3) is 10.9 Å². The molecule has 1 aromatic heterocycles. The van der Waals surface area contributed by atoms with Crippen molar-refractivity contribution in [3.05, 3.63) is 65.9 Å². The van der Waals surface area contributed by atoms with Crippen molar-refractivity contribution in [3.63, 3.8) is 0 Å². The summed E-state index contributed by atoms with van der Waals surface area (Å²) < 4.78 is 35.7. The number of H-pyrrole nitrogens is 1. The Morgan fingerprint density at radius 1 is 1.03 bits per heavy atom. The molecular formula is C28H31N3O7. The Balaban J connectivity index is 1.18. The first-order valence-corrected chi connectivity index (χ1v) is 12.7. The van der Waals surface area contributed by atoms with Crippen molar-refractivity contribution in [2.24, 2.45) is 5.10 Å². The Morgan fingerprint density at radius 3 is 2.61 bits per heavy atom. The van der Waals surface area contributed by atoms with Gasteiger partial charge in [-0.1, -0.05) is 30.3 Å². The molecule has 2 aromatic carbocycles. The molecule has 4 atom stereocenters. The quantitative estimate of drug-likeness (QED) is 0.474. The van der Waals surface area contributed by atoms with Crippen molar-refractivity contribution in [2.75, 3.05) is 6.61 Å². The van der Waals surface area contributed by atoms with Crippen LogP contribution in [0.5, 0.6) is 5.75 Å². The molecule has 3 fully saturated rings. The number of carbonyl (C=O) groups is 1. The van der Waals surface area contributed by atoms with Gasteiger partial charge in [0.25, 0.3) is 5.91 Å². The number of aromatic nitrogens is 1. The highest BCUT2D eigenvalue weighted by atomic mass is 16.8. The van der Waals surface area contributed by atoms with E-state index in [1.807, 2.05) is 62.4 Å². The van der Waals surface area contributed by atoms with Gasteiger partial charge in [-0.2, -0.15) is 5.10 Å². The van der Waals surface area contributed by atoms with Crippen LogP contribution >= 0.6 is 0 Å². The third-order valence-corrected chi connectivity index (χ3v) is 6.66. The first-order chi connectivity index (χ1) is 18.2. The largest absolute Gasteiger partial charge is 0.489 e. The van der Waals surface area contributed by atoms with Crippen LogP contribution in [0.1, 0.15) is 43.7 Å². The predicted molar refractivity (Wildman–Crippen MR) is 138 cm³/mol. The van der Waals surface area contributed by atoms with Gasteiger partial charge in [0.15, 0.2) is 24.0 Å². The van der Waals surface area contributed by atoms with Crippen LogP contribution < -0.4 is 10.2 Å². The molecular weight excluding hydrogens is 490 g/mol. The Kier molecular flexibility index (Phi) is 6.24. The molecule has 3 aromatic rings. The average Bonchev–Trinajstić information content (AvgIpc) is 3.62. The third-order valence-electron chi connectivity index (χ3n) is 6.66. The highest BCUT2D eigenvalue weighted by molar-refractivity contribution is 6.00. The second-order valence-corrected chi connectivity index (χ2v) is 10.5. The number of rotatable bonds is 6. The van der Waals surface area contributed by atoms with Gasteiger partial charge in [0.2, 0.25) is 0 Å². The normalized spacial score (nSPS) is 28.6. The molecule has 6 rings (SSSR count). The molecule has 0 saturated carbocycles. The average molecular weight is 522 g/mol. The van der Waals surface area contributed by atoms with Gasteiger partial charge >= 0.3 is 0 Å². The van der Waals surface area contributed by atoms with Crippen LogP contribution in [0.3, 0.4) is 0 Å². The number of amides is 1. The van der Waals surface area contributed by atoms with E-state index in [9.17, 15) is 4.79 Å². The predicted octanol–water partition coefficient (Wildman–Crippen LogP) is 3.86.